The van der Waals surface area contributed by atoms with Crippen molar-refractivity contribution < 1.29 is 24.2 Å². The van der Waals surface area contributed by atoms with Crippen molar-refractivity contribution in [2.24, 2.45) is 0 Å². The van der Waals surface area contributed by atoms with Gasteiger partial charge in [0.1, 0.15) is 10.6 Å². The molecular formula is C15H14N2O5S2. The number of carbonyl (C=O) groups is 3. The van der Waals surface area contributed by atoms with E-state index < -0.39 is 11.9 Å². The van der Waals surface area contributed by atoms with E-state index in [2.05, 4.69) is 10.3 Å². The largest absolute Gasteiger partial charge is 0.481 e. The second-order valence-corrected chi connectivity index (χ2v) is 6.38. The fourth-order valence-corrected chi connectivity index (χ4v) is 3.40. The summed E-state index contributed by atoms with van der Waals surface area (Å²) < 4.78 is 4.81. The first-order valence-electron chi connectivity index (χ1n) is 6.72. The normalized spacial score (nSPS) is 10.2. The van der Waals surface area contributed by atoms with Crippen LogP contribution in [0.5, 0.6) is 0 Å². The second kappa shape index (κ2) is 8.46. The summed E-state index contributed by atoms with van der Waals surface area (Å²) in [7, 11) is 1.27. The van der Waals surface area contributed by atoms with Crippen molar-refractivity contribution in [2.45, 2.75) is 0 Å². The number of hydrogen-bond donors (Lipinski definition) is 2. The molecule has 2 aromatic rings. The number of nitrogens with one attached hydrogen (secondary N) is 1. The summed E-state index contributed by atoms with van der Waals surface area (Å²) in [6.07, 6.45) is 3.21. The number of nitrogens with zero attached hydrogens (tertiary/aromatic N) is 1. The maximum Gasteiger partial charge on any atom is 0.341 e. The number of thioether (sulfide) groups is 1. The number of thiophene rings is 1. The first-order chi connectivity index (χ1) is 11.5. The molecule has 0 aliphatic carbocycles. The lowest BCUT2D eigenvalue weighted by molar-refractivity contribution is -0.133. The van der Waals surface area contributed by atoms with E-state index in [-0.39, 0.29) is 23.0 Å². The van der Waals surface area contributed by atoms with Crippen molar-refractivity contribution in [1.29, 1.82) is 0 Å². The molecular weight excluding hydrogens is 352 g/mol. The van der Waals surface area contributed by atoms with Gasteiger partial charge in [0.25, 0.3) is 0 Å². The Balaban J connectivity index is 2.21. The summed E-state index contributed by atoms with van der Waals surface area (Å²) in [4.78, 5) is 38.4. The van der Waals surface area contributed by atoms with E-state index in [1.165, 1.54) is 18.4 Å². The van der Waals surface area contributed by atoms with E-state index in [9.17, 15) is 14.4 Å². The van der Waals surface area contributed by atoms with Crippen molar-refractivity contribution in [3.05, 3.63) is 35.5 Å². The van der Waals surface area contributed by atoms with Crippen LogP contribution in [0, 0.1) is 0 Å². The molecule has 9 heteroatoms. The van der Waals surface area contributed by atoms with Gasteiger partial charge < -0.3 is 15.2 Å². The maximum absolute atomic E-state index is 12.1. The number of esters is 1. The molecule has 0 aromatic carbocycles. The number of aromatic nitrogens is 1. The van der Waals surface area contributed by atoms with Crippen molar-refractivity contribution in [1.82, 2.24) is 4.98 Å². The third-order valence-corrected chi connectivity index (χ3v) is 4.70. The van der Waals surface area contributed by atoms with Crippen molar-refractivity contribution in [2.75, 3.05) is 23.9 Å². The molecule has 0 saturated carbocycles. The van der Waals surface area contributed by atoms with Crippen LogP contribution in [0.1, 0.15) is 10.4 Å². The lowest BCUT2D eigenvalue weighted by Gasteiger charge is -2.07. The van der Waals surface area contributed by atoms with E-state index in [4.69, 9.17) is 9.84 Å². The van der Waals surface area contributed by atoms with Crippen molar-refractivity contribution in [3.8, 4) is 11.1 Å². The minimum Gasteiger partial charge on any atom is -0.481 e. The molecule has 0 aliphatic rings. The number of ether oxygens (including phenoxy) is 1. The molecule has 2 heterocycles. The number of amides is 1. The smallest absolute Gasteiger partial charge is 0.341 e. The van der Waals surface area contributed by atoms with Gasteiger partial charge in [-0.25, -0.2) is 4.79 Å². The summed E-state index contributed by atoms with van der Waals surface area (Å²) in [6.45, 7) is 0. The van der Waals surface area contributed by atoms with Gasteiger partial charge in [0, 0.05) is 23.3 Å². The molecule has 0 bridgehead atoms. The molecule has 0 spiro atoms. The molecule has 2 aromatic heterocycles. The number of rotatable bonds is 7. The van der Waals surface area contributed by atoms with Crippen LogP contribution in [0.15, 0.2) is 29.9 Å². The monoisotopic (exact) mass is 366 g/mol. The molecule has 0 fully saturated rings. The average molecular weight is 366 g/mol. The van der Waals surface area contributed by atoms with E-state index in [1.807, 2.05) is 0 Å². The lowest BCUT2D eigenvalue weighted by Crippen LogP contribution is -2.17. The number of pyridine rings is 1. The number of carbonyl (C=O) groups excluding carboxylic acids is 2. The number of aliphatic carboxylic acids is 1. The molecule has 0 unspecified atom stereocenters. The number of methoxy groups -OCH3 is 1. The molecule has 2 rings (SSSR count). The Morgan fingerprint density at radius 2 is 2.00 bits per heavy atom. The third-order valence-electron chi connectivity index (χ3n) is 2.88. The summed E-state index contributed by atoms with van der Waals surface area (Å²) in [5, 5.41) is 13.3. The standard InChI is InChI=1S/C15H14N2O5S2/c1-22-15(21)13-10(9-2-4-16-5-3-9)6-24-14(13)17-11(18)7-23-8-12(19)20/h2-6H,7-8H2,1H3,(H,17,18)(H,19,20). The zero-order chi connectivity index (χ0) is 17.5. The van der Waals surface area contributed by atoms with E-state index in [0.29, 0.717) is 10.6 Å². The predicted molar refractivity (Wildman–Crippen MR) is 92.5 cm³/mol. The molecule has 2 N–H and O–H groups in total. The third kappa shape index (κ3) is 4.56. The molecule has 24 heavy (non-hydrogen) atoms. The fourth-order valence-electron chi connectivity index (χ4n) is 1.89. The number of hydrogen-bond acceptors (Lipinski definition) is 7. The van der Waals surface area contributed by atoms with Gasteiger partial charge in [-0.3, -0.25) is 14.6 Å². The first-order valence-corrected chi connectivity index (χ1v) is 8.76. The summed E-state index contributed by atoms with van der Waals surface area (Å²) in [5.41, 5.74) is 1.69. The minimum atomic E-state index is -0.987. The first kappa shape index (κ1) is 18.0. The molecule has 1 amide bonds. The van der Waals surface area contributed by atoms with Crippen LogP contribution in [0.2, 0.25) is 0 Å². The van der Waals surface area contributed by atoms with Crippen LogP contribution in [-0.4, -0.2) is 46.6 Å². The highest BCUT2D eigenvalue weighted by atomic mass is 32.2. The topological polar surface area (TPSA) is 106 Å². The van der Waals surface area contributed by atoms with Crippen LogP contribution < -0.4 is 5.32 Å². The lowest BCUT2D eigenvalue weighted by atomic mass is 10.1. The number of carboxylic acid groups (broad SMARTS) is 1. The van der Waals surface area contributed by atoms with Gasteiger partial charge in [-0.05, 0) is 17.7 Å². The van der Waals surface area contributed by atoms with Gasteiger partial charge in [-0.2, -0.15) is 0 Å². The van der Waals surface area contributed by atoms with Crippen LogP contribution in [0.3, 0.4) is 0 Å². The molecule has 0 saturated heterocycles. The molecule has 0 radical (unpaired) electrons. The SMILES string of the molecule is COC(=O)c1c(-c2ccncc2)csc1NC(=O)CSCC(=O)O. The van der Waals surface area contributed by atoms with Gasteiger partial charge in [-0.1, -0.05) is 0 Å². The highest BCUT2D eigenvalue weighted by Crippen LogP contribution is 2.36. The number of carboxylic acids is 1. The Kier molecular flexibility index (Phi) is 6.33. The Bertz CT molecular complexity index is 746. The van der Waals surface area contributed by atoms with Crippen LogP contribution in [0.4, 0.5) is 5.00 Å². The molecule has 0 aliphatic heterocycles. The predicted octanol–water partition coefficient (Wildman–Crippen LogP) is 2.35. The molecule has 7 nitrogen and oxygen atoms in total. The second-order valence-electron chi connectivity index (χ2n) is 4.52. The fraction of sp³-hybridized carbons (Fsp3) is 0.200. The van der Waals surface area contributed by atoms with Crippen LogP contribution in [0.25, 0.3) is 11.1 Å². The zero-order valence-electron chi connectivity index (χ0n) is 12.6. The highest BCUT2D eigenvalue weighted by Gasteiger charge is 2.22. The van der Waals surface area contributed by atoms with Crippen molar-refractivity contribution >= 4 is 45.9 Å². The molecule has 126 valence electrons. The Labute approximate surface area is 146 Å². The highest BCUT2D eigenvalue weighted by molar-refractivity contribution is 8.00. The van der Waals surface area contributed by atoms with Crippen LogP contribution >= 0.6 is 23.1 Å². The maximum atomic E-state index is 12.1. The number of anilines is 1. The quantitative estimate of drug-likeness (QED) is 0.725. The van der Waals surface area contributed by atoms with E-state index in [0.717, 1.165) is 17.3 Å². The summed E-state index contributed by atoms with van der Waals surface area (Å²) >= 11 is 2.18. The zero-order valence-corrected chi connectivity index (χ0v) is 14.3. The Hall–Kier alpha value is -2.39. The molecule has 0 atom stereocenters. The van der Waals surface area contributed by atoms with Gasteiger partial charge in [0.05, 0.1) is 18.6 Å². The van der Waals surface area contributed by atoms with Gasteiger partial charge >= 0.3 is 11.9 Å². The van der Waals surface area contributed by atoms with E-state index in [1.54, 1.807) is 29.9 Å². The Morgan fingerprint density at radius 3 is 2.62 bits per heavy atom. The van der Waals surface area contributed by atoms with Crippen LogP contribution in [-0.2, 0) is 14.3 Å². The van der Waals surface area contributed by atoms with Gasteiger partial charge in [0.2, 0.25) is 5.91 Å². The summed E-state index contributed by atoms with van der Waals surface area (Å²) in [6, 6.07) is 3.51. The van der Waals surface area contributed by atoms with Gasteiger partial charge in [0.15, 0.2) is 0 Å². The summed E-state index contributed by atoms with van der Waals surface area (Å²) in [5.74, 6) is -2.11. The van der Waals surface area contributed by atoms with Crippen molar-refractivity contribution in [3.63, 3.8) is 0 Å². The van der Waals surface area contributed by atoms with Gasteiger partial charge in [-0.15, -0.1) is 23.1 Å². The average Bonchev–Trinajstić information content (AvgIpc) is 2.98. The Morgan fingerprint density at radius 1 is 1.29 bits per heavy atom. The van der Waals surface area contributed by atoms with E-state index >= 15 is 0 Å². The minimum absolute atomic E-state index is 0.0184.